The van der Waals surface area contributed by atoms with Crippen molar-refractivity contribution in [1.29, 1.82) is 0 Å². The number of benzene rings is 1. The largest absolute Gasteiger partial charge is 0.353 e. The number of sulfonamides is 1. The van der Waals surface area contributed by atoms with Gasteiger partial charge in [0.25, 0.3) is 0 Å². The van der Waals surface area contributed by atoms with Crippen LogP contribution in [0.1, 0.15) is 25.7 Å². The minimum absolute atomic E-state index is 0.00476. The molecular formula is C17H25N3O3S. The number of nitrogens with zero attached hydrogens (tertiary/aromatic N) is 1. The molecule has 1 atom stereocenters. The van der Waals surface area contributed by atoms with Gasteiger partial charge in [-0.15, -0.1) is 0 Å². The summed E-state index contributed by atoms with van der Waals surface area (Å²) >= 11 is 0. The lowest BCUT2D eigenvalue weighted by molar-refractivity contribution is -0.127. The van der Waals surface area contributed by atoms with Crippen molar-refractivity contribution in [3.05, 3.63) is 30.3 Å². The highest BCUT2D eigenvalue weighted by Gasteiger charge is 2.33. The molecule has 1 aromatic carbocycles. The Morgan fingerprint density at radius 3 is 2.54 bits per heavy atom. The van der Waals surface area contributed by atoms with Crippen LogP contribution in [-0.2, 0) is 14.8 Å². The molecule has 2 heterocycles. The lowest BCUT2D eigenvalue weighted by Crippen LogP contribution is -2.49. The van der Waals surface area contributed by atoms with E-state index >= 15 is 0 Å². The molecule has 0 aliphatic carbocycles. The molecule has 2 aliphatic heterocycles. The summed E-state index contributed by atoms with van der Waals surface area (Å²) in [4.78, 5) is 12.8. The fraction of sp³-hybridized carbons (Fsp3) is 0.588. The molecule has 1 unspecified atom stereocenters. The van der Waals surface area contributed by atoms with E-state index in [2.05, 4.69) is 10.6 Å². The number of carbonyl (C=O) groups excluding carboxylic acids is 1. The second kappa shape index (κ2) is 7.63. The van der Waals surface area contributed by atoms with Gasteiger partial charge in [-0.3, -0.25) is 4.79 Å². The van der Waals surface area contributed by atoms with Crippen molar-refractivity contribution < 1.29 is 13.2 Å². The zero-order valence-corrected chi connectivity index (χ0v) is 14.6. The maximum atomic E-state index is 12.7. The standard InChI is InChI=1S/C17H25N3O3S/c21-17(19-15-8-10-18-11-9-15)14-5-4-12-20(13-14)24(22,23)16-6-2-1-3-7-16/h1-3,6-7,14-15,18H,4-5,8-13H2,(H,19,21). The van der Waals surface area contributed by atoms with E-state index in [0.717, 1.165) is 38.8 Å². The minimum Gasteiger partial charge on any atom is -0.353 e. The second-order valence-corrected chi connectivity index (χ2v) is 8.49. The van der Waals surface area contributed by atoms with Crippen LogP contribution in [0.15, 0.2) is 35.2 Å². The Morgan fingerprint density at radius 2 is 1.83 bits per heavy atom. The summed E-state index contributed by atoms with van der Waals surface area (Å²) in [7, 11) is -3.52. The van der Waals surface area contributed by atoms with E-state index in [1.807, 2.05) is 0 Å². The zero-order chi connectivity index (χ0) is 17.0. The molecule has 3 rings (SSSR count). The van der Waals surface area contributed by atoms with Gasteiger partial charge in [0, 0.05) is 19.1 Å². The third-order valence-electron chi connectivity index (χ3n) is 4.82. The van der Waals surface area contributed by atoms with Crippen molar-refractivity contribution in [3.63, 3.8) is 0 Å². The van der Waals surface area contributed by atoms with Gasteiger partial charge in [-0.05, 0) is 50.9 Å². The third kappa shape index (κ3) is 3.96. The van der Waals surface area contributed by atoms with Gasteiger partial charge >= 0.3 is 0 Å². The van der Waals surface area contributed by atoms with Gasteiger partial charge in [-0.2, -0.15) is 4.31 Å². The number of rotatable bonds is 4. The highest BCUT2D eigenvalue weighted by molar-refractivity contribution is 7.89. The second-order valence-electron chi connectivity index (χ2n) is 6.55. The van der Waals surface area contributed by atoms with E-state index in [1.54, 1.807) is 30.3 Å². The van der Waals surface area contributed by atoms with Crippen molar-refractivity contribution in [1.82, 2.24) is 14.9 Å². The van der Waals surface area contributed by atoms with E-state index in [4.69, 9.17) is 0 Å². The van der Waals surface area contributed by atoms with E-state index in [1.165, 1.54) is 4.31 Å². The number of carbonyl (C=O) groups is 1. The van der Waals surface area contributed by atoms with Crippen molar-refractivity contribution >= 4 is 15.9 Å². The van der Waals surface area contributed by atoms with Gasteiger partial charge in [0.1, 0.15) is 0 Å². The summed E-state index contributed by atoms with van der Waals surface area (Å²) in [5.41, 5.74) is 0. The van der Waals surface area contributed by atoms with E-state index in [0.29, 0.717) is 11.4 Å². The number of nitrogens with one attached hydrogen (secondary N) is 2. The summed E-state index contributed by atoms with van der Waals surface area (Å²) in [6, 6.07) is 8.66. The van der Waals surface area contributed by atoms with E-state index < -0.39 is 10.0 Å². The van der Waals surface area contributed by atoms with Crippen LogP contribution in [0, 0.1) is 5.92 Å². The smallest absolute Gasteiger partial charge is 0.243 e. The molecule has 0 bridgehead atoms. The number of amides is 1. The lowest BCUT2D eigenvalue weighted by atomic mass is 9.97. The topological polar surface area (TPSA) is 78.5 Å². The molecule has 2 N–H and O–H groups in total. The molecule has 2 fully saturated rings. The maximum absolute atomic E-state index is 12.7. The van der Waals surface area contributed by atoms with Crippen molar-refractivity contribution in [2.75, 3.05) is 26.2 Å². The summed E-state index contributed by atoms with van der Waals surface area (Å²) in [6.07, 6.45) is 3.34. The molecule has 0 aromatic heterocycles. The fourth-order valence-electron chi connectivity index (χ4n) is 3.40. The predicted octanol–water partition coefficient (Wildman–Crippen LogP) is 0.956. The number of hydrogen-bond donors (Lipinski definition) is 2. The molecule has 1 amide bonds. The Hall–Kier alpha value is -1.44. The molecule has 132 valence electrons. The molecule has 0 radical (unpaired) electrons. The number of piperidine rings is 2. The summed E-state index contributed by atoms with van der Waals surface area (Å²) < 4.78 is 26.9. The number of hydrogen-bond acceptors (Lipinski definition) is 4. The Bertz CT molecular complexity index is 657. The van der Waals surface area contributed by atoms with Crippen LogP contribution in [-0.4, -0.2) is 50.9 Å². The van der Waals surface area contributed by atoms with Gasteiger partial charge in [0.05, 0.1) is 10.8 Å². The molecule has 6 nitrogen and oxygen atoms in total. The Kier molecular flexibility index (Phi) is 5.53. The fourth-order valence-corrected chi connectivity index (χ4v) is 4.95. The van der Waals surface area contributed by atoms with Crippen LogP contribution in [0.2, 0.25) is 0 Å². The van der Waals surface area contributed by atoms with Gasteiger partial charge in [0.2, 0.25) is 15.9 Å². The van der Waals surface area contributed by atoms with Crippen LogP contribution < -0.4 is 10.6 Å². The van der Waals surface area contributed by atoms with Crippen molar-refractivity contribution in [3.8, 4) is 0 Å². The monoisotopic (exact) mass is 351 g/mol. The normalized spacial score (nSPS) is 23.8. The summed E-state index contributed by atoms with van der Waals surface area (Å²) in [6.45, 7) is 2.59. The first-order valence-electron chi connectivity index (χ1n) is 8.63. The Balaban J connectivity index is 1.64. The third-order valence-corrected chi connectivity index (χ3v) is 6.70. The Morgan fingerprint density at radius 1 is 1.12 bits per heavy atom. The molecule has 1 aromatic rings. The first-order chi connectivity index (χ1) is 11.6. The quantitative estimate of drug-likeness (QED) is 0.847. The predicted molar refractivity (Wildman–Crippen MR) is 92.0 cm³/mol. The molecule has 7 heteroatoms. The van der Waals surface area contributed by atoms with Gasteiger partial charge < -0.3 is 10.6 Å². The molecule has 2 aliphatic rings. The zero-order valence-electron chi connectivity index (χ0n) is 13.8. The van der Waals surface area contributed by atoms with Crippen LogP contribution in [0.25, 0.3) is 0 Å². The van der Waals surface area contributed by atoms with Crippen molar-refractivity contribution in [2.24, 2.45) is 5.92 Å². The molecular weight excluding hydrogens is 326 g/mol. The van der Waals surface area contributed by atoms with Crippen LogP contribution in [0.4, 0.5) is 0 Å². The first-order valence-corrected chi connectivity index (χ1v) is 10.1. The van der Waals surface area contributed by atoms with Gasteiger partial charge in [-0.25, -0.2) is 8.42 Å². The average Bonchev–Trinajstić information content (AvgIpc) is 2.63. The van der Waals surface area contributed by atoms with Crippen LogP contribution >= 0.6 is 0 Å². The molecule has 0 saturated carbocycles. The molecule has 2 saturated heterocycles. The van der Waals surface area contributed by atoms with E-state index in [-0.39, 0.29) is 24.4 Å². The van der Waals surface area contributed by atoms with Gasteiger partial charge in [0.15, 0.2) is 0 Å². The van der Waals surface area contributed by atoms with Gasteiger partial charge in [-0.1, -0.05) is 18.2 Å². The highest BCUT2D eigenvalue weighted by atomic mass is 32.2. The SMILES string of the molecule is O=C(NC1CCNCC1)C1CCCN(S(=O)(=O)c2ccccc2)C1. The van der Waals surface area contributed by atoms with E-state index in [9.17, 15) is 13.2 Å². The highest BCUT2D eigenvalue weighted by Crippen LogP contribution is 2.24. The van der Waals surface area contributed by atoms with Crippen LogP contribution in [0.5, 0.6) is 0 Å². The summed E-state index contributed by atoms with van der Waals surface area (Å²) in [5, 5.41) is 6.37. The first kappa shape index (κ1) is 17.4. The van der Waals surface area contributed by atoms with Crippen molar-refractivity contribution in [2.45, 2.75) is 36.6 Å². The lowest BCUT2D eigenvalue weighted by Gasteiger charge is -2.32. The maximum Gasteiger partial charge on any atom is 0.243 e. The summed E-state index contributed by atoms with van der Waals surface area (Å²) in [5.74, 6) is -0.262. The Labute approximate surface area is 143 Å². The average molecular weight is 351 g/mol. The van der Waals surface area contributed by atoms with Crippen LogP contribution in [0.3, 0.4) is 0 Å². The minimum atomic E-state index is -3.52. The molecule has 24 heavy (non-hydrogen) atoms. The molecule has 0 spiro atoms.